The molecule has 0 spiro atoms. The number of para-hydroxylation sites is 1. The maximum Gasteiger partial charge on any atom is 0.259 e. The number of aromatic hydroxyl groups is 1. The molecule has 0 atom stereocenters. The van der Waals surface area contributed by atoms with Gasteiger partial charge in [-0.25, -0.2) is 4.39 Å². The van der Waals surface area contributed by atoms with E-state index < -0.39 is 11.7 Å². The monoisotopic (exact) mass is 384 g/mol. The first-order valence-corrected chi connectivity index (χ1v) is 9.02. The Morgan fingerprint density at radius 2 is 1.69 bits per heavy atom. The Balaban J connectivity index is 1.78. The molecule has 0 heterocycles. The Hall–Kier alpha value is -3.99. The van der Waals surface area contributed by atoms with Gasteiger partial charge in [-0.2, -0.15) is 0 Å². The summed E-state index contributed by atoms with van der Waals surface area (Å²) in [5.74, 6) is -1.01. The van der Waals surface area contributed by atoms with Gasteiger partial charge in [-0.15, -0.1) is 0 Å². The van der Waals surface area contributed by atoms with Crippen molar-refractivity contribution in [3.05, 3.63) is 102 Å². The summed E-state index contributed by atoms with van der Waals surface area (Å²) in [5.41, 5.74) is 1.56. The number of carbonyl (C=O) groups excluding carboxylic acids is 1. The molecular weight excluding hydrogens is 367 g/mol. The number of phenolic OH excluding ortho intramolecular Hbond substituents is 1. The van der Waals surface area contributed by atoms with Crippen LogP contribution in [0.1, 0.15) is 15.9 Å². The third kappa shape index (κ3) is 3.99. The van der Waals surface area contributed by atoms with E-state index in [0.717, 1.165) is 10.8 Å². The summed E-state index contributed by atoms with van der Waals surface area (Å²) in [4.78, 5) is 17.1. The van der Waals surface area contributed by atoms with Crippen LogP contribution < -0.4 is 5.32 Å². The van der Waals surface area contributed by atoms with Crippen LogP contribution >= 0.6 is 0 Å². The van der Waals surface area contributed by atoms with Crippen LogP contribution in [-0.4, -0.2) is 17.2 Å². The number of nitrogens with zero attached hydrogens (tertiary/aromatic N) is 1. The van der Waals surface area contributed by atoms with Gasteiger partial charge in [0.15, 0.2) is 0 Å². The molecule has 142 valence electrons. The maximum absolute atomic E-state index is 13.4. The van der Waals surface area contributed by atoms with Gasteiger partial charge in [0.05, 0.1) is 11.3 Å². The molecule has 0 bridgehead atoms. The smallest absolute Gasteiger partial charge is 0.259 e. The molecule has 0 saturated heterocycles. The Morgan fingerprint density at radius 3 is 2.48 bits per heavy atom. The number of hydrogen-bond acceptors (Lipinski definition) is 3. The molecule has 4 nitrogen and oxygen atoms in total. The lowest BCUT2D eigenvalue weighted by Crippen LogP contribution is -2.12. The third-order valence-electron chi connectivity index (χ3n) is 4.49. The number of amides is 1. The third-order valence-corrected chi connectivity index (χ3v) is 4.49. The van der Waals surface area contributed by atoms with Crippen molar-refractivity contribution in [1.29, 1.82) is 0 Å². The summed E-state index contributed by atoms with van der Waals surface area (Å²) >= 11 is 0. The summed E-state index contributed by atoms with van der Waals surface area (Å²) in [6.07, 6.45) is 1.45. The average molecular weight is 384 g/mol. The van der Waals surface area contributed by atoms with E-state index >= 15 is 0 Å². The standard InChI is InChI=1S/C24H17FN2O2/c25-17-8-6-11-19(14-17)26-15-22-20-12-5-4-7-16(20)13-21(23(22)28)24(29)27-18-9-2-1-3-10-18/h1-15,28H,(H,27,29). The minimum absolute atomic E-state index is 0.133. The van der Waals surface area contributed by atoms with Crippen molar-refractivity contribution in [3.8, 4) is 5.75 Å². The Kier molecular flexibility index (Phi) is 5.03. The fourth-order valence-corrected chi connectivity index (χ4v) is 3.08. The minimum atomic E-state index is -0.431. The van der Waals surface area contributed by atoms with E-state index in [4.69, 9.17) is 0 Å². The van der Waals surface area contributed by atoms with Crippen LogP contribution in [0.3, 0.4) is 0 Å². The van der Waals surface area contributed by atoms with Gasteiger partial charge in [-0.1, -0.05) is 48.5 Å². The number of halogens is 1. The lowest BCUT2D eigenvalue weighted by Gasteiger charge is -2.12. The number of aliphatic imine (C=N–C) groups is 1. The van der Waals surface area contributed by atoms with Crippen LogP contribution in [0.15, 0.2) is 89.9 Å². The van der Waals surface area contributed by atoms with Gasteiger partial charge in [0.1, 0.15) is 11.6 Å². The predicted molar refractivity (Wildman–Crippen MR) is 114 cm³/mol. The summed E-state index contributed by atoms with van der Waals surface area (Å²) < 4.78 is 13.4. The number of carbonyl (C=O) groups is 1. The molecule has 4 aromatic carbocycles. The summed E-state index contributed by atoms with van der Waals surface area (Å²) in [7, 11) is 0. The van der Waals surface area contributed by atoms with E-state index in [0.29, 0.717) is 16.9 Å². The molecule has 4 rings (SSSR count). The molecule has 4 aromatic rings. The zero-order chi connectivity index (χ0) is 20.2. The van der Waals surface area contributed by atoms with Gasteiger partial charge < -0.3 is 10.4 Å². The largest absolute Gasteiger partial charge is 0.506 e. The Labute approximate surface area is 167 Å². The SMILES string of the molecule is O=C(Nc1ccccc1)c1cc2ccccc2c(C=Nc2cccc(F)c2)c1O. The topological polar surface area (TPSA) is 61.7 Å². The molecule has 0 aliphatic heterocycles. The predicted octanol–water partition coefficient (Wildman–Crippen LogP) is 5.69. The fraction of sp³-hybridized carbons (Fsp3) is 0. The van der Waals surface area contributed by atoms with Crippen molar-refractivity contribution in [2.24, 2.45) is 4.99 Å². The van der Waals surface area contributed by atoms with Crippen LogP contribution in [0.25, 0.3) is 10.8 Å². The molecule has 0 aliphatic rings. The number of benzene rings is 4. The summed E-state index contributed by atoms with van der Waals surface area (Å²) in [6, 6.07) is 23.9. The number of anilines is 1. The first-order valence-electron chi connectivity index (χ1n) is 9.02. The highest BCUT2D eigenvalue weighted by atomic mass is 19.1. The number of fused-ring (bicyclic) bond motifs is 1. The lowest BCUT2D eigenvalue weighted by molar-refractivity contribution is 0.102. The van der Waals surface area contributed by atoms with E-state index in [1.807, 2.05) is 42.5 Å². The lowest BCUT2D eigenvalue weighted by atomic mass is 9.99. The highest BCUT2D eigenvalue weighted by molar-refractivity contribution is 6.13. The molecule has 1 amide bonds. The second kappa shape index (κ2) is 7.94. The van der Waals surface area contributed by atoms with Crippen molar-refractivity contribution in [2.75, 3.05) is 5.32 Å². The van der Waals surface area contributed by atoms with Gasteiger partial charge >= 0.3 is 0 Å². The zero-order valence-electron chi connectivity index (χ0n) is 15.3. The Bertz CT molecular complexity index is 1220. The quantitative estimate of drug-likeness (QED) is 0.444. The van der Waals surface area contributed by atoms with E-state index in [1.54, 1.807) is 30.3 Å². The summed E-state index contributed by atoms with van der Waals surface area (Å²) in [6.45, 7) is 0. The molecule has 2 N–H and O–H groups in total. The first kappa shape index (κ1) is 18.4. The maximum atomic E-state index is 13.4. The molecule has 0 fully saturated rings. The van der Waals surface area contributed by atoms with Gasteiger partial charge in [0, 0.05) is 17.5 Å². The van der Waals surface area contributed by atoms with E-state index in [1.165, 1.54) is 18.3 Å². The minimum Gasteiger partial charge on any atom is -0.506 e. The molecular formula is C24H17FN2O2. The van der Waals surface area contributed by atoms with Crippen LogP contribution in [-0.2, 0) is 0 Å². The van der Waals surface area contributed by atoms with Gasteiger partial charge in [0.2, 0.25) is 0 Å². The number of rotatable bonds is 4. The second-order valence-corrected chi connectivity index (χ2v) is 6.47. The van der Waals surface area contributed by atoms with Crippen LogP contribution in [0.2, 0.25) is 0 Å². The van der Waals surface area contributed by atoms with E-state index in [2.05, 4.69) is 10.3 Å². The van der Waals surface area contributed by atoms with Crippen molar-refractivity contribution in [3.63, 3.8) is 0 Å². The first-order chi connectivity index (χ1) is 14.1. The molecule has 0 aromatic heterocycles. The van der Waals surface area contributed by atoms with Crippen LogP contribution in [0.5, 0.6) is 5.75 Å². The van der Waals surface area contributed by atoms with Crippen molar-refractivity contribution in [2.45, 2.75) is 0 Å². The number of nitrogens with one attached hydrogen (secondary N) is 1. The van der Waals surface area contributed by atoms with Crippen molar-refractivity contribution >= 4 is 34.3 Å². The molecule has 0 unspecified atom stereocenters. The van der Waals surface area contributed by atoms with E-state index in [-0.39, 0.29) is 11.3 Å². The number of phenols is 1. The highest BCUT2D eigenvalue weighted by Gasteiger charge is 2.17. The molecule has 5 heteroatoms. The van der Waals surface area contributed by atoms with Crippen LogP contribution in [0, 0.1) is 5.82 Å². The zero-order valence-corrected chi connectivity index (χ0v) is 15.3. The van der Waals surface area contributed by atoms with Gasteiger partial charge in [-0.3, -0.25) is 9.79 Å². The molecule has 0 radical (unpaired) electrons. The van der Waals surface area contributed by atoms with Crippen LogP contribution in [0.4, 0.5) is 15.8 Å². The van der Waals surface area contributed by atoms with Crippen molar-refractivity contribution in [1.82, 2.24) is 0 Å². The average Bonchev–Trinajstić information content (AvgIpc) is 2.73. The van der Waals surface area contributed by atoms with Crippen molar-refractivity contribution < 1.29 is 14.3 Å². The molecule has 0 saturated carbocycles. The normalized spacial score (nSPS) is 11.1. The number of hydrogen-bond donors (Lipinski definition) is 2. The van der Waals surface area contributed by atoms with Gasteiger partial charge in [-0.05, 0) is 47.2 Å². The molecule has 0 aliphatic carbocycles. The van der Waals surface area contributed by atoms with Gasteiger partial charge in [0.25, 0.3) is 5.91 Å². The second-order valence-electron chi connectivity index (χ2n) is 6.47. The van der Waals surface area contributed by atoms with E-state index in [9.17, 15) is 14.3 Å². The fourth-order valence-electron chi connectivity index (χ4n) is 3.08. The highest BCUT2D eigenvalue weighted by Crippen LogP contribution is 2.31. The Morgan fingerprint density at radius 1 is 0.931 bits per heavy atom. The molecule has 29 heavy (non-hydrogen) atoms. The summed E-state index contributed by atoms with van der Waals surface area (Å²) in [5, 5.41) is 15.1.